The van der Waals surface area contributed by atoms with Crippen LogP contribution in [0.2, 0.25) is 5.02 Å². The summed E-state index contributed by atoms with van der Waals surface area (Å²) in [4.78, 5) is 18.8. The lowest BCUT2D eigenvalue weighted by Crippen LogP contribution is -2.31. The van der Waals surface area contributed by atoms with E-state index in [2.05, 4.69) is 4.98 Å². The molecule has 1 aromatic carbocycles. The van der Waals surface area contributed by atoms with Crippen LogP contribution in [-0.4, -0.2) is 44.7 Å². The molecule has 3 aromatic rings. The molecular weight excluding hydrogens is 350 g/mol. The summed E-state index contributed by atoms with van der Waals surface area (Å²) >= 11 is 6.26. The van der Waals surface area contributed by atoms with E-state index in [-0.39, 0.29) is 11.8 Å². The van der Waals surface area contributed by atoms with Crippen LogP contribution in [0.5, 0.6) is 0 Å². The molecule has 2 aromatic heterocycles. The van der Waals surface area contributed by atoms with Gasteiger partial charge in [0.05, 0.1) is 6.10 Å². The molecule has 26 heavy (non-hydrogen) atoms. The number of hydrogen-bond donors (Lipinski definition) is 1. The first-order valence-corrected chi connectivity index (χ1v) is 9.02. The van der Waals surface area contributed by atoms with E-state index in [1.165, 1.54) is 0 Å². The van der Waals surface area contributed by atoms with Crippen molar-refractivity contribution in [2.45, 2.75) is 12.5 Å². The van der Waals surface area contributed by atoms with Crippen molar-refractivity contribution in [2.24, 2.45) is 13.0 Å². The highest BCUT2D eigenvalue weighted by Gasteiger charge is 2.35. The van der Waals surface area contributed by atoms with Crippen molar-refractivity contribution in [3.8, 4) is 0 Å². The van der Waals surface area contributed by atoms with Crippen molar-refractivity contribution in [3.05, 3.63) is 65.1 Å². The molecule has 0 spiro atoms. The average Bonchev–Trinajstić information content (AvgIpc) is 3.17. The molecule has 0 bridgehead atoms. The first kappa shape index (κ1) is 17.1. The molecule has 0 unspecified atom stereocenters. The first-order valence-electron chi connectivity index (χ1n) is 8.65. The van der Waals surface area contributed by atoms with Gasteiger partial charge in [-0.05, 0) is 42.3 Å². The maximum atomic E-state index is 13.0. The van der Waals surface area contributed by atoms with Gasteiger partial charge in [-0.15, -0.1) is 0 Å². The Bertz CT molecular complexity index is 954. The summed E-state index contributed by atoms with van der Waals surface area (Å²) in [6.07, 6.45) is 3.71. The molecule has 1 N–H and O–H groups in total. The van der Waals surface area contributed by atoms with Gasteiger partial charge in [-0.25, -0.2) is 0 Å². The smallest absolute Gasteiger partial charge is 0.270 e. The SMILES string of the molecule is Cn1c(C(=O)N2C[C@@H](Cc3ccncc3)[C@@H](O)C2)cc2c(Cl)cccc21. The number of carbonyl (C=O) groups is 1. The minimum atomic E-state index is -0.523. The second-order valence-corrected chi connectivity index (χ2v) is 7.27. The molecule has 5 nitrogen and oxygen atoms in total. The number of carbonyl (C=O) groups excluding carboxylic acids is 1. The number of benzene rings is 1. The normalized spacial score (nSPS) is 20.0. The third kappa shape index (κ3) is 2.97. The molecular formula is C20H20ClN3O2. The summed E-state index contributed by atoms with van der Waals surface area (Å²) in [6.45, 7) is 0.890. The van der Waals surface area contributed by atoms with Crippen molar-refractivity contribution >= 4 is 28.4 Å². The monoisotopic (exact) mass is 369 g/mol. The van der Waals surface area contributed by atoms with Gasteiger partial charge in [0, 0.05) is 54.4 Å². The molecule has 134 valence electrons. The van der Waals surface area contributed by atoms with Crippen LogP contribution in [0.4, 0.5) is 0 Å². The molecule has 1 aliphatic rings. The molecule has 4 rings (SSSR count). The number of aliphatic hydroxyl groups excluding tert-OH is 1. The van der Waals surface area contributed by atoms with E-state index in [1.54, 1.807) is 17.3 Å². The average molecular weight is 370 g/mol. The Morgan fingerprint density at radius 2 is 2.04 bits per heavy atom. The highest BCUT2D eigenvalue weighted by molar-refractivity contribution is 6.35. The molecule has 1 fully saturated rings. The topological polar surface area (TPSA) is 58.4 Å². The third-order valence-corrected chi connectivity index (χ3v) is 5.52. The van der Waals surface area contributed by atoms with E-state index >= 15 is 0 Å². The van der Waals surface area contributed by atoms with Crippen LogP contribution in [0.1, 0.15) is 16.1 Å². The molecule has 0 aliphatic carbocycles. The van der Waals surface area contributed by atoms with Crippen LogP contribution in [0, 0.1) is 5.92 Å². The zero-order valence-corrected chi connectivity index (χ0v) is 15.2. The van der Waals surface area contributed by atoms with Crippen LogP contribution in [0.3, 0.4) is 0 Å². The van der Waals surface area contributed by atoms with E-state index in [4.69, 9.17) is 11.6 Å². The molecule has 0 radical (unpaired) electrons. The number of hydrogen-bond acceptors (Lipinski definition) is 3. The predicted molar refractivity (Wildman–Crippen MR) is 101 cm³/mol. The third-order valence-electron chi connectivity index (χ3n) is 5.19. The Balaban J connectivity index is 1.56. The number of pyridine rings is 1. The Morgan fingerprint density at radius 3 is 2.77 bits per heavy atom. The Morgan fingerprint density at radius 1 is 1.27 bits per heavy atom. The summed E-state index contributed by atoms with van der Waals surface area (Å²) in [7, 11) is 1.87. The number of nitrogens with zero attached hydrogens (tertiary/aromatic N) is 3. The van der Waals surface area contributed by atoms with E-state index in [1.807, 2.05) is 48.0 Å². The van der Waals surface area contributed by atoms with Crippen LogP contribution in [0.15, 0.2) is 48.8 Å². The first-order chi connectivity index (χ1) is 12.5. The quantitative estimate of drug-likeness (QED) is 0.772. The zero-order valence-electron chi connectivity index (χ0n) is 14.5. The summed E-state index contributed by atoms with van der Waals surface area (Å²) in [5.41, 5.74) is 2.63. The van der Waals surface area contributed by atoms with Crippen LogP contribution < -0.4 is 0 Å². The van der Waals surface area contributed by atoms with Crippen LogP contribution >= 0.6 is 11.6 Å². The Hall–Kier alpha value is -2.37. The van der Waals surface area contributed by atoms with Gasteiger partial charge in [-0.2, -0.15) is 0 Å². The van der Waals surface area contributed by atoms with E-state index in [0.29, 0.717) is 23.8 Å². The molecule has 3 heterocycles. The second-order valence-electron chi connectivity index (χ2n) is 6.86. The summed E-state index contributed by atoms with van der Waals surface area (Å²) in [5, 5.41) is 11.9. The number of rotatable bonds is 3. The fourth-order valence-electron chi connectivity index (χ4n) is 3.73. The highest BCUT2D eigenvalue weighted by atomic mass is 35.5. The fraction of sp³-hybridized carbons (Fsp3) is 0.300. The van der Waals surface area contributed by atoms with E-state index < -0.39 is 6.10 Å². The number of halogens is 1. The maximum absolute atomic E-state index is 13.0. The van der Waals surface area contributed by atoms with Gasteiger partial charge in [0.25, 0.3) is 5.91 Å². The maximum Gasteiger partial charge on any atom is 0.270 e. The van der Waals surface area contributed by atoms with E-state index in [0.717, 1.165) is 22.9 Å². The van der Waals surface area contributed by atoms with Gasteiger partial charge in [-0.1, -0.05) is 17.7 Å². The van der Waals surface area contributed by atoms with Crippen molar-refractivity contribution in [1.29, 1.82) is 0 Å². The minimum Gasteiger partial charge on any atom is -0.391 e. The van der Waals surface area contributed by atoms with Gasteiger partial charge in [0.2, 0.25) is 0 Å². The molecule has 1 saturated heterocycles. The summed E-state index contributed by atoms with van der Waals surface area (Å²) in [5.74, 6) is -0.0457. The second kappa shape index (κ2) is 6.74. The van der Waals surface area contributed by atoms with Crippen molar-refractivity contribution in [3.63, 3.8) is 0 Å². The number of fused-ring (bicyclic) bond motifs is 1. The Kier molecular flexibility index (Phi) is 4.42. The number of likely N-dealkylation sites (tertiary alicyclic amines) is 1. The zero-order chi connectivity index (χ0) is 18.3. The predicted octanol–water partition coefficient (Wildman–Crippen LogP) is 2.90. The van der Waals surface area contributed by atoms with Crippen molar-refractivity contribution < 1.29 is 9.90 Å². The lowest BCUT2D eigenvalue weighted by molar-refractivity contribution is 0.0756. The standard InChI is InChI=1S/C20H20ClN3O2/c1-23-17-4-2-3-16(21)15(17)10-18(23)20(26)24-11-14(19(25)12-24)9-13-5-7-22-8-6-13/h2-8,10,14,19,25H,9,11-12H2,1H3/t14-,19+/m1/s1. The Labute approximate surface area is 156 Å². The summed E-state index contributed by atoms with van der Waals surface area (Å²) < 4.78 is 1.87. The minimum absolute atomic E-state index is 0.0274. The molecule has 2 atom stereocenters. The van der Waals surface area contributed by atoms with Gasteiger partial charge in [-0.3, -0.25) is 9.78 Å². The van der Waals surface area contributed by atoms with Crippen LogP contribution in [-0.2, 0) is 13.5 Å². The number of aromatic nitrogens is 2. The molecule has 6 heteroatoms. The lowest BCUT2D eigenvalue weighted by Gasteiger charge is -2.16. The summed E-state index contributed by atoms with van der Waals surface area (Å²) in [6, 6.07) is 11.4. The van der Waals surface area contributed by atoms with Gasteiger partial charge in [0.1, 0.15) is 5.69 Å². The number of aryl methyl sites for hydroxylation is 1. The molecule has 0 saturated carbocycles. The lowest BCUT2D eigenvalue weighted by atomic mass is 9.97. The largest absolute Gasteiger partial charge is 0.391 e. The molecule has 1 amide bonds. The van der Waals surface area contributed by atoms with Crippen molar-refractivity contribution in [1.82, 2.24) is 14.5 Å². The van der Waals surface area contributed by atoms with Gasteiger partial charge in [0.15, 0.2) is 0 Å². The van der Waals surface area contributed by atoms with Crippen LogP contribution in [0.25, 0.3) is 10.9 Å². The van der Waals surface area contributed by atoms with Gasteiger partial charge >= 0.3 is 0 Å². The van der Waals surface area contributed by atoms with Crippen molar-refractivity contribution in [2.75, 3.05) is 13.1 Å². The number of aliphatic hydroxyl groups is 1. The number of amides is 1. The molecule has 1 aliphatic heterocycles. The number of β-amino-alcohol motifs (C(OH)–C–C–N with tert-alkyl or cyclic N) is 1. The van der Waals surface area contributed by atoms with Gasteiger partial charge < -0.3 is 14.6 Å². The fourth-order valence-corrected chi connectivity index (χ4v) is 3.96. The van der Waals surface area contributed by atoms with E-state index in [9.17, 15) is 9.90 Å². The highest BCUT2D eigenvalue weighted by Crippen LogP contribution is 2.28.